The number of piperidine rings is 1. The van der Waals surface area contributed by atoms with Crippen molar-refractivity contribution in [2.75, 3.05) is 19.7 Å². The third-order valence-electron chi connectivity index (χ3n) is 4.94. The normalized spacial score (nSPS) is 40.6. The molecule has 1 N–H and O–H groups in total. The summed E-state index contributed by atoms with van der Waals surface area (Å²) in [5.74, 6) is 0.436. The van der Waals surface area contributed by atoms with E-state index in [-0.39, 0.29) is 17.9 Å². The van der Waals surface area contributed by atoms with Crippen LogP contribution < -0.4 is 0 Å². The predicted molar refractivity (Wildman–Crippen MR) is 67.1 cm³/mol. The van der Waals surface area contributed by atoms with Crippen LogP contribution in [0.3, 0.4) is 0 Å². The quantitative estimate of drug-likeness (QED) is 0.766. The first kappa shape index (κ1) is 12.4. The van der Waals surface area contributed by atoms with Gasteiger partial charge in [0.05, 0.1) is 5.60 Å². The van der Waals surface area contributed by atoms with Gasteiger partial charge in [-0.05, 0) is 32.1 Å². The molecule has 18 heavy (non-hydrogen) atoms. The van der Waals surface area contributed by atoms with Crippen LogP contribution in [-0.4, -0.2) is 47.3 Å². The minimum atomic E-state index is -0.494. The van der Waals surface area contributed by atoms with Crippen LogP contribution in [0.2, 0.25) is 0 Å². The summed E-state index contributed by atoms with van der Waals surface area (Å²) in [7, 11) is 0. The number of aliphatic hydroxyl groups is 1. The number of nitrogens with zero attached hydrogens (tertiary/aromatic N) is 1. The monoisotopic (exact) mass is 253 g/mol. The molecule has 4 nitrogen and oxygen atoms in total. The molecular formula is C14H23NO3. The van der Waals surface area contributed by atoms with E-state index in [1.54, 1.807) is 0 Å². The van der Waals surface area contributed by atoms with Crippen molar-refractivity contribution in [1.82, 2.24) is 4.90 Å². The van der Waals surface area contributed by atoms with Crippen molar-refractivity contribution in [3.8, 4) is 0 Å². The Morgan fingerprint density at radius 2 is 2.11 bits per heavy atom. The van der Waals surface area contributed by atoms with Gasteiger partial charge in [-0.2, -0.15) is 0 Å². The van der Waals surface area contributed by atoms with Crippen molar-refractivity contribution >= 4 is 5.91 Å². The summed E-state index contributed by atoms with van der Waals surface area (Å²) >= 11 is 0. The topological polar surface area (TPSA) is 49.8 Å². The van der Waals surface area contributed by atoms with E-state index in [0.29, 0.717) is 6.54 Å². The zero-order valence-electron chi connectivity index (χ0n) is 10.9. The Bertz CT molecular complexity index is 327. The molecule has 0 aromatic rings. The van der Waals surface area contributed by atoms with E-state index >= 15 is 0 Å². The molecule has 102 valence electrons. The number of hydrogen-bond donors (Lipinski definition) is 1. The van der Waals surface area contributed by atoms with Crippen LogP contribution in [-0.2, 0) is 9.53 Å². The van der Waals surface area contributed by atoms with Gasteiger partial charge < -0.3 is 14.7 Å². The van der Waals surface area contributed by atoms with Crippen molar-refractivity contribution < 1.29 is 14.6 Å². The molecule has 1 amide bonds. The lowest BCUT2D eigenvalue weighted by Gasteiger charge is -2.47. The van der Waals surface area contributed by atoms with E-state index in [2.05, 4.69) is 0 Å². The van der Waals surface area contributed by atoms with Crippen molar-refractivity contribution in [1.29, 1.82) is 0 Å². The molecule has 0 bridgehead atoms. The minimum Gasteiger partial charge on any atom is -0.389 e. The number of likely N-dealkylation sites (tertiary alicyclic amines) is 1. The van der Waals surface area contributed by atoms with Gasteiger partial charge >= 0.3 is 0 Å². The standard InChI is InChI=1S/C14H23NO3/c16-13(12-5-3-9-18-12)15-8-7-14(17)6-2-1-4-11(14)10-15/h11-12,17H,1-10H2/t11?,12-,14?/m1/s1. The van der Waals surface area contributed by atoms with Crippen LogP contribution in [0, 0.1) is 5.92 Å². The summed E-state index contributed by atoms with van der Waals surface area (Å²) in [5.41, 5.74) is -0.494. The van der Waals surface area contributed by atoms with Gasteiger partial charge in [0.15, 0.2) is 0 Å². The second kappa shape index (κ2) is 4.82. The van der Waals surface area contributed by atoms with E-state index < -0.39 is 5.60 Å². The van der Waals surface area contributed by atoms with Gasteiger partial charge in [0.25, 0.3) is 5.91 Å². The van der Waals surface area contributed by atoms with Gasteiger partial charge in [-0.1, -0.05) is 12.8 Å². The molecule has 1 aliphatic carbocycles. The Hall–Kier alpha value is -0.610. The number of carbonyl (C=O) groups is 1. The lowest BCUT2D eigenvalue weighted by Crippen LogP contribution is -2.56. The van der Waals surface area contributed by atoms with Crippen LogP contribution in [0.4, 0.5) is 0 Å². The fourth-order valence-electron chi connectivity index (χ4n) is 3.75. The van der Waals surface area contributed by atoms with Crippen molar-refractivity contribution in [2.24, 2.45) is 5.92 Å². The summed E-state index contributed by atoms with van der Waals surface area (Å²) in [6, 6.07) is 0. The Balaban J connectivity index is 1.64. The third-order valence-corrected chi connectivity index (χ3v) is 4.94. The van der Waals surface area contributed by atoms with Gasteiger partial charge in [-0.15, -0.1) is 0 Å². The molecule has 0 aromatic heterocycles. The van der Waals surface area contributed by atoms with Crippen LogP contribution in [0.5, 0.6) is 0 Å². The third kappa shape index (κ3) is 2.16. The van der Waals surface area contributed by atoms with Crippen LogP contribution >= 0.6 is 0 Å². The first-order chi connectivity index (χ1) is 8.69. The Kier molecular flexibility index (Phi) is 3.32. The van der Waals surface area contributed by atoms with Gasteiger partial charge in [-0.25, -0.2) is 0 Å². The molecule has 3 atom stereocenters. The Morgan fingerprint density at radius 1 is 1.22 bits per heavy atom. The summed E-state index contributed by atoms with van der Waals surface area (Å²) in [5, 5.41) is 10.6. The number of amides is 1. The van der Waals surface area contributed by atoms with Crippen LogP contribution in [0.25, 0.3) is 0 Å². The van der Waals surface area contributed by atoms with Crippen LogP contribution in [0.15, 0.2) is 0 Å². The highest BCUT2D eigenvalue weighted by atomic mass is 16.5. The Morgan fingerprint density at radius 3 is 2.89 bits per heavy atom. The predicted octanol–water partition coefficient (Wildman–Crippen LogP) is 1.32. The smallest absolute Gasteiger partial charge is 0.251 e. The average molecular weight is 253 g/mol. The van der Waals surface area contributed by atoms with Gasteiger partial charge in [0, 0.05) is 25.6 Å². The van der Waals surface area contributed by atoms with Gasteiger partial charge in [0.1, 0.15) is 6.10 Å². The number of rotatable bonds is 1. The van der Waals surface area contributed by atoms with E-state index in [4.69, 9.17) is 4.74 Å². The maximum atomic E-state index is 12.3. The van der Waals surface area contributed by atoms with Crippen molar-refractivity contribution in [3.63, 3.8) is 0 Å². The maximum absolute atomic E-state index is 12.3. The number of hydrogen-bond acceptors (Lipinski definition) is 3. The van der Waals surface area contributed by atoms with E-state index in [1.165, 1.54) is 6.42 Å². The van der Waals surface area contributed by atoms with Gasteiger partial charge in [0.2, 0.25) is 0 Å². The molecule has 2 aliphatic heterocycles. The SMILES string of the molecule is O=C([C@H]1CCCO1)N1CCC2(O)CCCCC2C1. The second-order valence-corrected chi connectivity index (χ2v) is 6.08. The largest absolute Gasteiger partial charge is 0.389 e. The molecule has 4 heteroatoms. The lowest BCUT2D eigenvalue weighted by molar-refractivity contribution is -0.152. The highest BCUT2D eigenvalue weighted by molar-refractivity contribution is 5.81. The molecule has 2 heterocycles. The summed E-state index contributed by atoms with van der Waals surface area (Å²) in [4.78, 5) is 14.2. The fraction of sp³-hybridized carbons (Fsp3) is 0.929. The molecule has 3 aliphatic rings. The maximum Gasteiger partial charge on any atom is 0.251 e. The zero-order chi connectivity index (χ0) is 12.6. The summed E-state index contributed by atoms with van der Waals surface area (Å²) < 4.78 is 5.48. The molecule has 2 saturated heterocycles. The average Bonchev–Trinajstić information content (AvgIpc) is 2.90. The molecule has 0 spiro atoms. The van der Waals surface area contributed by atoms with Crippen LogP contribution in [0.1, 0.15) is 44.9 Å². The first-order valence-corrected chi connectivity index (χ1v) is 7.32. The van der Waals surface area contributed by atoms with E-state index in [1.807, 2.05) is 4.90 Å². The molecule has 1 saturated carbocycles. The fourth-order valence-corrected chi connectivity index (χ4v) is 3.75. The molecule has 2 unspecified atom stereocenters. The number of carbonyl (C=O) groups excluding carboxylic acids is 1. The molecule has 3 rings (SSSR count). The molecule has 0 aromatic carbocycles. The first-order valence-electron chi connectivity index (χ1n) is 7.32. The van der Waals surface area contributed by atoms with Gasteiger partial charge in [-0.3, -0.25) is 4.79 Å². The van der Waals surface area contributed by atoms with E-state index in [9.17, 15) is 9.90 Å². The van der Waals surface area contributed by atoms with E-state index in [0.717, 1.165) is 51.7 Å². The van der Waals surface area contributed by atoms with Crippen molar-refractivity contribution in [3.05, 3.63) is 0 Å². The highest BCUT2D eigenvalue weighted by Crippen LogP contribution is 2.40. The zero-order valence-corrected chi connectivity index (χ0v) is 10.9. The lowest BCUT2D eigenvalue weighted by atomic mass is 9.71. The molecule has 0 radical (unpaired) electrons. The highest BCUT2D eigenvalue weighted by Gasteiger charge is 2.44. The molecular weight excluding hydrogens is 230 g/mol. The summed E-state index contributed by atoms with van der Waals surface area (Å²) in [6.45, 7) is 2.15. The number of ether oxygens (including phenoxy) is 1. The summed E-state index contributed by atoms with van der Waals surface area (Å²) in [6.07, 6.45) is 6.70. The second-order valence-electron chi connectivity index (χ2n) is 6.08. The van der Waals surface area contributed by atoms with Crippen molar-refractivity contribution in [2.45, 2.75) is 56.7 Å². The Labute approximate surface area is 108 Å². The number of fused-ring (bicyclic) bond motifs is 1. The molecule has 3 fully saturated rings. The minimum absolute atomic E-state index is 0.153.